The first-order chi connectivity index (χ1) is 12.1. The largest absolute Gasteiger partial charge is 0.355 e. The van der Waals surface area contributed by atoms with Crippen molar-refractivity contribution < 1.29 is 4.79 Å². The van der Waals surface area contributed by atoms with E-state index in [9.17, 15) is 4.79 Å². The van der Waals surface area contributed by atoms with E-state index in [1.807, 2.05) is 5.38 Å². The summed E-state index contributed by atoms with van der Waals surface area (Å²) in [6, 6.07) is 2.06. The van der Waals surface area contributed by atoms with Gasteiger partial charge in [0.25, 0.3) is 0 Å². The van der Waals surface area contributed by atoms with Gasteiger partial charge in [0.1, 0.15) is 17.0 Å². The van der Waals surface area contributed by atoms with Gasteiger partial charge in [0.05, 0.1) is 11.3 Å². The Hall–Kier alpha value is -1.44. The lowest BCUT2D eigenvalue weighted by molar-refractivity contribution is -0.125. The fourth-order valence-electron chi connectivity index (χ4n) is 3.32. The lowest BCUT2D eigenvalue weighted by Gasteiger charge is -2.34. The summed E-state index contributed by atoms with van der Waals surface area (Å²) in [5.41, 5.74) is 6.00. The van der Waals surface area contributed by atoms with Gasteiger partial charge in [-0.25, -0.2) is 9.97 Å². The van der Waals surface area contributed by atoms with Crippen molar-refractivity contribution >= 4 is 45.7 Å². The van der Waals surface area contributed by atoms with Crippen molar-refractivity contribution in [1.29, 1.82) is 0 Å². The number of nitrogens with zero attached hydrogens (tertiary/aromatic N) is 3. The summed E-state index contributed by atoms with van der Waals surface area (Å²) < 4.78 is 0. The molecule has 144 valence electrons. The predicted octanol–water partition coefficient (Wildman–Crippen LogP) is 2.96. The van der Waals surface area contributed by atoms with Gasteiger partial charge in [-0.1, -0.05) is 13.8 Å². The molecule has 8 heteroatoms. The number of amides is 1. The molecule has 1 amide bonds. The van der Waals surface area contributed by atoms with Crippen molar-refractivity contribution in [2.75, 3.05) is 24.5 Å². The van der Waals surface area contributed by atoms with E-state index in [1.165, 1.54) is 0 Å². The Labute approximate surface area is 165 Å². The molecule has 0 aromatic carbocycles. The second kappa shape index (κ2) is 8.97. The molecular formula is C18H28ClN5OS. The topological polar surface area (TPSA) is 84.1 Å². The maximum atomic E-state index is 12.6. The van der Waals surface area contributed by atoms with Crippen LogP contribution in [0.2, 0.25) is 0 Å². The highest BCUT2D eigenvalue weighted by atomic mass is 35.5. The van der Waals surface area contributed by atoms with Crippen LogP contribution in [0.4, 0.5) is 5.82 Å². The predicted molar refractivity (Wildman–Crippen MR) is 110 cm³/mol. The van der Waals surface area contributed by atoms with Crippen molar-refractivity contribution in [3.05, 3.63) is 17.8 Å². The molecule has 1 fully saturated rings. The second-order valence-corrected chi connectivity index (χ2v) is 7.80. The Morgan fingerprint density at radius 3 is 2.92 bits per heavy atom. The van der Waals surface area contributed by atoms with Crippen LogP contribution in [0, 0.1) is 5.92 Å². The Morgan fingerprint density at radius 2 is 2.19 bits per heavy atom. The Kier molecular flexibility index (Phi) is 7.20. The van der Waals surface area contributed by atoms with E-state index in [4.69, 9.17) is 5.73 Å². The molecule has 1 aliphatic heterocycles. The number of halogens is 1. The molecule has 6 nitrogen and oxygen atoms in total. The molecule has 3 rings (SSSR count). The van der Waals surface area contributed by atoms with E-state index in [-0.39, 0.29) is 29.8 Å². The highest BCUT2D eigenvalue weighted by molar-refractivity contribution is 7.16. The third-order valence-corrected chi connectivity index (χ3v) is 6.18. The van der Waals surface area contributed by atoms with Gasteiger partial charge < -0.3 is 16.0 Å². The molecule has 0 radical (unpaired) electrons. The number of nitrogens with one attached hydrogen (secondary N) is 1. The van der Waals surface area contributed by atoms with Gasteiger partial charge >= 0.3 is 0 Å². The first-order valence-corrected chi connectivity index (χ1v) is 9.94. The number of aromatic nitrogens is 2. The number of anilines is 1. The molecule has 0 bridgehead atoms. The fourth-order valence-corrected chi connectivity index (χ4v) is 4.05. The number of carbonyl (C=O) groups excluding carboxylic acids is 1. The summed E-state index contributed by atoms with van der Waals surface area (Å²) >= 11 is 1.62. The smallest absolute Gasteiger partial charge is 0.224 e. The van der Waals surface area contributed by atoms with Crippen LogP contribution in [0.3, 0.4) is 0 Å². The maximum absolute atomic E-state index is 12.6. The van der Waals surface area contributed by atoms with Crippen molar-refractivity contribution in [3.8, 4) is 0 Å². The van der Waals surface area contributed by atoms with Crippen LogP contribution in [-0.4, -0.2) is 41.0 Å². The number of fused-ring (bicyclic) bond motifs is 1. The van der Waals surface area contributed by atoms with Crippen LogP contribution in [-0.2, 0) is 4.79 Å². The van der Waals surface area contributed by atoms with Crippen molar-refractivity contribution in [2.24, 2.45) is 11.7 Å². The summed E-state index contributed by atoms with van der Waals surface area (Å²) in [6.07, 6.45) is 5.23. The van der Waals surface area contributed by atoms with Gasteiger partial charge in [-0.2, -0.15) is 0 Å². The molecule has 26 heavy (non-hydrogen) atoms. The van der Waals surface area contributed by atoms with Crippen LogP contribution in [0.25, 0.3) is 10.2 Å². The molecule has 1 aliphatic rings. The van der Waals surface area contributed by atoms with Crippen LogP contribution in [0.5, 0.6) is 0 Å². The molecular weight excluding hydrogens is 370 g/mol. The van der Waals surface area contributed by atoms with Gasteiger partial charge in [-0.15, -0.1) is 23.7 Å². The molecule has 1 saturated heterocycles. The number of hydrogen-bond donors (Lipinski definition) is 2. The van der Waals surface area contributed by atoms with Crippen LogP contribution in [0.15, 0.2) is 17.8 Å². The Balaban J connectivity index is 0.00000243. The SMILES string of the molecule is CCC(N)(CC)CNC(=O)C1CCCN(c2ncnc3sccc23)C1.Cl. The van der Waals surface area contributed by atoms with E-state index < -0.39 is 0 Å². The summed E-state index contributed by atoms with van der Waals surface area (Å²) in [5.74, 6) is 1.03. The number of nitrogens with two attached hydrogens (primary N) is 1. The molecule has 3 heterocycles. The molecule has 2 aromatic heterocycles. The average molecular weight is 398 g/mol. The highest BCUT2D eigenvalue weighted by Crippen LogP contribution is 2.30. The van der Waals surface area contributed by atoms with E-state index in [0.717, 1.165) is 48.3 Å². The van der Waals surface area contributed by atoms with Crippen molar-refractivity contribution in [3.63, 3.8) is 0 Å². The zero-order valence-electron chi connectivity index (χ0n) is 15.4. The normalized spacial score (nSPS) is 17.8. The number of thiophene rings is 1. The van der Waals surface area contributed by atoms with Gasteiger partial charge in [0.2, 0.25) is 5.91 Å². The highest BCUT2D eigenvalue weighted by Gasteiger charge is 2.29. The molecule has 2 aromatic rings. The zero-order valence-corrected chi connectivity index (χ0v) is 17.0. The molecule has 0 aliphatic carbocycles. The second-order valence-electron chi connectivity index (χ2n) is 6.91. The van der Waals surface area contributed by atoms with E-state index in [1.54, 1.807) is 17.7 Å². The fraction of sp³-hybridized carbons (Fsp3) is 0.611. The van der Waals surface area contributed by atoms with Gasteiger partial charge in [0.15, 0.2) is 0 Å². The molecule has 0 spiro atoms. The van der Waals surface area contributed by atoms with Crippen LogP contribution >= 0.6 is 23.7 Å². The number of carbonyl (C=O) groups is 1. The lowest BCUT2D eigenvalue weighted by atomic mass is 9.93. The number of piperidine rings is 1. The van der Waals surface area contributed by atoms with E-state index in [0.29, 0.717) is 13.1 Å². The summed E-state index contributed by atoms with van der Waals surface area (Å²) in [4.78, 5) is 24.7. The van der Waals surface area contributed by atoms with E-state index in [2.05, 4.69) is 40.1 Å². The number of rotatable bonds is 6. The number of hydrogen-bond acceptors (Lipinski definition) is 6. The monoisotopic (exact) mass is 397 g/mol. The summed E-state index contributed by atoms with van der Waals surface area (Å²) in [6.45, 7) is 6.30. The van der Waals surface area contributed by atoms with Crippen molar-refractivity contribution in [2.45, 2.75) is 45.1 Å². The van der Waals surface area contributed by atoms with Crippen LogP contribution in [0.1, 0.15) is 39.5 Å². The van der Waals surface area contributed by atoms with E-state index >= 15 is 0 Å². The first kappa shape index (κ1) is 20.9. The summed E-state index contributed by atoms with van der Waals surface area (Å²) in [7, 11) is 0. The maximum Gasteiger partial charge on any atom is 0.224 e. The summed E-state index contributed by atoms with van der Waals surface area (Å²) in [5, 5.41) is 6.19. The van der Waals surface area contributed by atoms with Crippen molar-refractivity contribution in [1.82, 2.24) is 15.3 Å². The first-order valence-electron chi connectivity index (χ1n) is 9.06. The standard InChI is InChI=1S/C18H27N5OS.ClH/c1-3-18(19,4-2)11-20-16(24)13-6-5-8-23(10-13)15-14-7-9-25-17(14)22-12-21-15;/h7,9,12-13H,3-6,8,10-11,19H2,1-2H3,(H,20,24);1H. The minimum Gasteiger partial charge on any atom is -0.355 e. The van der Waals surface area contributed by atoms with Crippen LogP contribution < -0.4 is 16.0 Å². The quantitative estimate of drug-likeness (QED) is 0.782. The Bertz CT molecular complexity index is 733. The lowest BCUT2D eigenvalue weighted by Crippen LogP contribution is -2.52. The molecule has 0 saturated carbocycles. The minimum atomic E-state index is -0.306. The molecule has 1 unspecified atom stereocenters. The molecule has 3 N–H and O–H groups in total. The minimum absolute atomic E-state index is 0. The van der Waals surface area contributed by atoms with Gasteiger partial charge in [-0.3, -0.25) is 4.79 Å². The average Bonchev–Trinajstić information content (AvgIpc) is 3.14. The third-order valence-electron chi connectivity index (χ3n) is 5.36. The zero-order chi connectivity index (χ0) is 17.9. The van der Waals surface area contributed by atoms with Gasteiger partial charge in [0, 0.05) is 25.2 Å². The Morgan fingerprint density at radius 1 is 1.42 bits per heavy atom. The van der Waals surface area contributed by atoms with Gasteiger partial charge in [-0.05, 0) is 37.1 Å². The third kappa shape index (κ3) is 4.45. The molecule has 1 atom stereocenters.